The summed E-state index contributed by atoms with van der Waals surface area (Å²) >= 11 is 0. The second-order valence-electron chi connectivity index (χ2n) is 1.63. The first-order chi connectivity index (χ1) is 4.09. The predicted octanol–water partition coefficient (Wildman–Crippen LogP) is 0.445. The molecule has 0 unspecified atom stereocenters. The second-order valence-corrected chi connectivity index (χ2v) is 1.63. The largest absolute Gasteiger partial charge is 0.410 e. The van der Waals surface area contributed by atoms with Crippen LogP contribution in [0.1, 0.15) is 13.8 Å². The first-order valence-electron chi connectivity index (χ1n) is 2.38. The smallest absolute Gasteiger partial charge is 0.183 e. The van der Waals surface area contributed by atoms with Crippen molar-refractivity contribution in [3.8, 4) is 0 Å². The zero-order valence-electron chi connectivity index (χ0n) is 5.30. The van der Waals surface area contributed by atoms with Crippen LogP contribution >= 0.6 is 0 Å². The second kappa shape index (κ2) is 2.96. The molecule has 50 valence electrons. The molecule has 0 atom stereocenters. The van der Waals surface area contributed by atoms with Gasteiger partial charge in [0.05, 0.1) is 5.71 Å². The molecule has 0 aliphatic carbocycles. The molecule has 0 aromatic heterocycles. The number of carbonyl (C=O) groups is 1. The number of rotatable bonds is 2. The number of hydrogen-bond acceptors (Lipinski definition) is 4. The lowest BCUT2D eigenvalue weighted by atomic mass is 10.2. The first kappa shape index (κ1) is 7.81. The summed E-state index contributed by atoms with van der Waals surface area (Å²) in [5.74, 6) is -0.398. The zero-order chi connectivity index (χ0) is 7.44. The van der Waals surface area contributed by atoms with Gasteiger partial charge in [0, 0.05) is 6.92 Å². The van der Waals surface area contributed by atoms with Gasteiger partial charge in [0.15, 0.2) is 11.5 Å². The fourth-order valence-corrected chi connectivity index (χ4v) is 0.409. The highest BCUT2D eigenvalue weighted by Gasteiger charge is 2.07. The Kier molecular flexibility index (Phi) is 2.57. The molecule has 0 bridgehead atoms. The number of Topliss-reactive ketones (excluding diaryl/α,β-unsaturated/α-hetero) is 1. The molecule has 9 heavy (non-hydrogen) atoms. The van der Waals surface area contributed by atoms with E-state index in [2.05, 4.69) is 5.16 Å². The summed E-state index contributed by atoms with van der Waals surface area (Å²) < 4.78 is 0. The Balaban J connectivity index is 4.38. The minimum absolute atomic E-state index is 0.0231. The van der Waals surface area contributed by atoms with Crippen LogP contribution in [0.15, 0.2) is 5.16 Å². The van der Waals surface area contributed by atoms with Crippen LogP contribution in [0.5, 0.6) is 0 Å². The molecule has 2 N–H and O–H groups in total. The number of hydrogen-bond donors (Lipinski definition) is 2. The third-order valence-electron chi connectivity index (χ3n) is 0.789. The van der Waals surface area contributed by atoms with Crippen LogP contribution < -0.4 is 0 Å². The third kappa shape index (κ3) is 2.03. The lowest BCUT2D eigenvalue weighted by Gasteiger charge is -1.92. The zero-order valence-corrected chi connectivity index (χ0v) is 5.30. The van der Waals surface area contributed by atoms with Crippen LogP contribution in [0.4, 0.5) is 0 Å². The SMILES string of the molecule is CC(=N)/C(=N\O)C(C)=O. The highest BCUT2D eigenvalue weighted by molar-refractivity contribution is 6.65. The molecule has 4 nitrogen and oxygen atoms in total. The molecule has 0 fully saturated rings. The Bertz CT molecular complexity index is 156. The molecule has 0 heterocycles. The van der Waals surface area contributed by atoms with Gasteiger partial charge in [0.2, 0.25) is 0 Å². The Morgan fingerprint density at radius 2 is 2.00 bits per heavy atom. The van der Waals surface area contributed by atoms with Crippen molar-refractivity contribution in [2.75, 3.05) is 0 Å². The van der Waals surface area contributed by atoms with Gasteiger partial charge in [-0.05, 0) is 6.92 Å². The first-order valence-corrected chi connectivity index (χ1v) is 2.38. The Morgan fingerprint density at radius 3 is 2.00 bits per heavy atom. The van der Waals surface area contributed by atoms with Gasteiger partial charge in [0.1, 0.15) is 0 Å². The molecule has 0 spiro atoms. The van der Waals surface area contributed by atoms with E-state index >= 15 is 0 Å². The Labute approximate surface area is 52.7 Å². The standard InChI is InChI=1S/C5H8N2O2/c1-3(6)5(7-9)4(2)8/h6,9H,1-2H3/b6-3?,7-5+. The molecular weight excluding hydrogens is 120 g/mol. The van der Waals surface area contributed by atoms with Gasteiger partial charge >= 0.3 is 0 Å². The van der Waals surface area contributed by atoms with Gasteiger partial charge in [-0.2, -0.15) is 0 Å². The number of carbonyl (C=O) groups excluding carboxylic acids is 1. The van der Waals surface area contributed by atoms with Crippen molar-refractivity contribution in [2.24, 2.45) is 5.16 Å². The Morgan fingerprint density at radius 1 is 1.56 bits per heavy atom. The quantitative estimate of drug-likeness (QED) is 0.322. The van der Waals surface area contributed by atoms with Crippen molar-refractivity contribution in [1.29, 1.82) is 5.41 Å². The fourth-order valence-electron chi connectivity index (χ4n) is 0.409. The van der Waals surface area contributed by atoms with E-state index in [4.69, 9.17) is 10.6 Å². The molecule has 0 rings (SSSR count). The van der Waals surface area contributed by atoms with Crippen molar-refractivity contribution in [3.63, 3.8) is 0 Å². The number of nitrogens with zero attached hydrogens (tertiary/aromatic N) is 1. The van der Waals surface area contributed by atoms with Crippen molar-refractivity contribution in [1.82, 2.24) is 0 Å². The van der Waals surface area contributed by atoms with E-state index in [0.29, 0.717) is 0 Å². The van der Waals surface area contributed by atoms with Crippen molar-refractivity contribution in [2.45, 2.75) is 13.8 Å². The summed E-state index contributed by atoms with van der Waals surface area (Å²) in [7, 11) is 0. The van der Waals surface area contributed by atoms with Gasteiger partial charge in [-0.15, -0.1) is 0 Å². The average Bonchev–Trinajstić information content (AvgIpc) is 1.64. The maximum atomic E-state index is 10.4. The van der Waals surface area contributed by atoms with Crippen LogP contribution in [-0.2, 0) is 4.79 Å². The molecule has 4 heteroatoms. The summed E-state index contributed by atoms with van der Waals surface area (Å²) in [5.41, 5.74) is -0.208. The van der Waals surface area contributed by atoms with Crippen LogP contribution in [0.3, 0.4) is 0 Å². The van der Waals surface area contributed by atoms with E-state index in [0.717, 1.165) is 0 Å². The number of ketones is 1. The summed E-state index contributed by atoms with van der Waals surface area (Å²) in [5, 5.41) is 17.6. The maximum Gasteiger partial charge on any atom is 0.183 e. The normalized spacial score (nSPS) is 11.1. The maximum absolute atomic E-state index is 10.4. The fraction of sp³-hybridized carbons (Fsp3) is 0.400. The Hall–Kier alpha value is -1.19. The number of oxime groups is 1. The van der Waals surface area contributed by atoms with Crippen molar-refractivity contribution < 1.29 is 10.0 Å². The monoisotopic (exact) mass is 128 g/mol. The highest BCUT2D eigenvalue weighted by atomic mass is 16.4. The molecule has 0 aliphatic heterocycles. The molecule has 0 amide bonds. The van der Waals surface area contributed by atoms with Gasteiger partial charge in [-0.1, -0.05) is 5.16 Å². The van der Waals surface area contributed by atoms with Crippen molar-refractivity contribution in [3.05, 3.63) is 0 Å². The van der Waals surface area contributed by atoms with Gasteiger partial charge in [0.25, 0.3) is 0 Å². The van der Waals surface area contributed by atoms with Gasteiger partial charge in [-0.3, -0.25) is 4.79 Å². The van der Waals surface area contributed by atoms with E-state index in [-0.39, 0.29) is 11.4 Å². The molecular formula is C5H8N2O2. The molecule has 0 aromatic carbocycles. The van der Waals surface area contributed by atoms with Gasteiger partial charge in [-0.25, -0.2) is 0 Å². The molecule has 0 aliphatic rings. The predicted molar refractivity (Wildman–Crippen MR) is 33.3 cm³/mol. The van der Waals surface area contributed by atoms with E-state index in [1.54, 1.807) is 0 Å². The molecule has 0 saturated heterocycles. The molecule has 0 saturated carbocycles. The van der Waals surface area contributed by atoms with E-state index in [1.807, 2.05) is 0 Å². The molecule has 0 radical (unpaired) electrons. The summed E-state index contributed by atoms with van der Waals surface area (Å²) in [6.45, 7) is 2.63. The highest BCUT2D eigenvalue weighted by Crippen LogP contribution is 1.81. The average molecular weight is 128 g/mol. The minimum Gasteiger partial charge on any atom is -0.410 e. The van der Waals surface area contributed by atoms with Crippen LogP contribution in [0.2, 0.25) is 0 Å². The van der Waals surface area contributed by atoms with Crippen molar-refractivity contribution >= 4 is 17.2 Å². The third-order valence-corrected chi connectivity index (χ3v) is 0.789. The van der Waals surface area contributed by atoms with E-state index in [9.17, 15) is 4.79 Å². The lowest BCUT2D eigenvalue weighted by molar-refractivity contribution is -0.111. The molecule has 0 aromatic rings. The van der Waals surface area contributed by atoms with Gasteiger partial charge < -0.3 is 10.6 Å². The van der Waals surface area contributed by atoms with E-state index < -0.39 is 5.78 Å². The van der Waals surface area contributed by atoms with Crippen LogP contribution in [-0.4, -0.2) is 22.4 Å². The minimum atomic E-state index is -0.398. The summed E-state index contributed by atoms with van der Waals surface area (Å²) in [6, 6.07) is 0. The van der Waals surface area contributed by atoms with Crippen LogP contribution in [0.25, 0.3) is 0 Å². The van der Waals surface area contributed by atoms with Crippen LogP contribution in [0, 0.1) is 5.41 Å². The summed E-state index contributed by atoms with van der Waals surface area (Å²) in [6.07, 6.45) is 0. The lowest BCUT2D eigenvalue weighted by Crippen LogP contribution is -2.17. The summed E-state index contributed by atoms with van der Waals surface area (Å²) in [4.78, 5) is 10.4. The topological polar surface area (TPSA) is 73.5 Å². The van der Waals surface area contributed by atoms with E-state index in [1.165, 1.54) is 13.8 Å². The number of nitrogens with one attached hydrogen (secondary N) is 1.